The molecule has 5 heteroatoms. The quantitative estimate of drug-likeness (QED) is 0.218. The van der Waals surface area contributed by atoms with Gasteiger partial charge < -0.3 is 4.74 Å². The van der Waals surface area contributed by atoms with E-state index in [1.165, 1.54) is 0 Å². The Hall–Kier alpha value is -4.54. The fourth-order valence-corrected chi connectivity index (χ4v) is 4.81. The van der Waals surface area contributed by atoms with Crippen LogP contribution in [-0.2, 0) is 6.61 Å². The summed E-state index contributed by atoms with van der Waals surface area (Å²) in [6, 6.07) is 47.0. The highest BCUT2D eigenvalue weighted by atomic mass is 35.5. The fraction of sp³-hybridized carbons (Fsp3) is 0.0606. The van der Waals surface area contributed by atoms with Gasteiger partial charge in [-0.25, -0.2) is 5.01 Å². The number of benzene rings is 5. The molecule has 0 aliphatic carbocycles. The average molecular weight is 516 g/mol. The number of amidine groups is 1. The maximum Gasteiger partial charge on any atom is 0.162 e. The number of para-hydroxylation sites is 3. The SMILES string of the molecule is Clc1ccc(COc2ccccc2[C@@H]2N(c3ccccc3)N=C(c3ccccc3)N2c2ccccc2)cc1. The van der Waals surface area contributed by atoms with Gasteiger partial charge in [0.25, 0.3) is 0 Å². The van der Waals surface area contributed by atoms with Crippen molar-refractivity contribution in [2.24, 2.45) is 5.10 Å². The minimum Gasteiger partial charge on any atom is -0.488 e. The van der Waals surface area contributed by atoms with Crippen molar-refractivity contribution >= 4 is 28.8 Å². The van der Waals surface area contributed by atoms with Gasteiger partial charge >= 0.3 is 0 Å². The van der Waals surface area contributed by atoms with E-state index in [1.807, 2.05) is 78.9 Å². The van der Waals surface area contributed by atoms with Crippen LogP contribution in [0.1, 0.15) is 22.9 Å². The minimum absolute atomic E-state index is 0.267. The number of anilines is 2. The van der Waals surface area contributed by atoms with E-state index in [1.54, 1.807) is 0 Å². The van der Waals surface area contributed by atoms with E-state index in [9.17, 15) is 0 Å². The highest BCUT2D eigenvalue weighted by Gasteiger charge is 2.39. The van der Waals surface area contributed by atoms with E-state index in [2.05, 4.69) is 70.6 Å². The van der Waals surface area contributed by atoms with Crippen molar-refractivity contribution in [1.82, 2.24) is 0 Å². The molecule has 5 aromatic carbocycles. The van der Waals surface area contributed by atoms with E-state index < -0.39 is 0 Å². The zero-order chi connectivity index (χ0) is 25.7. The van der Waals surface area contributed by atoms with E-state index >= 15 is 0 Å². The first-order valence-corrected chi connectivity index (χ1v) is 12.9. The first-order valence-electron chi connectivity index (χ1n) is 12.6. The maximum absolute atomic E-state index is 6.44. The molecule has 1 atom stereocenters. The van der Waals surface area contributed by atoms with Crippen LogP contribution in [0.2, 0.25) is 5.02 Å². The van der Waals surface area contributed by atoms with Crippen molar-refractivity contribution in [1.29, 1.82) is 0 Å². The van der Waals surface area contributed by atoms with Crippen molar-refractivity contribution in [3.05, 3.63) is 161 Å². The van der Waals surface area contributed by atoms with Gasteiger partial charge in [0.05, 0.1) is 5.69 Å². The zero-order valence-electron chi connectivity index (χ0n) is 20.7. The van der Waals surface area contributed by atoms with Crippen molar-refractivity contribution in [3.63, 3.8) is 0 Å². The summed E-state index contributed by atoms with van der Waals surface area (Å²) in [4.78, 5) is 2.28. The molecule has 186 valence electrons. The molecule has 0 aromatic heterocycles. The molecule has 0 fully saturated rings. The molecule has 1 aliphatic heterocycles. The molecule has 6 rings (SSSR count). The number of hydrazone groups is 1. The monoisotopic (exact) mass is 515 g/mol. The van der Waals surface area contributed by atoms with Gasteiger partial charge in [0.15, 0.2) is 12.0 Å². The molecular formula is C33H26ClN3O. The standard InChI is InChI=1S/C33H26ClN3O/c34-27-22-20-25(21-23-27)24-38-31-19-11-10-18-30(31)33-36(28-14-6-2-7-15-28)32(26-12-4-1-5-13-26)35-37(33)29-16-8-3-9-17-29/h1-23,33H,24H2/t33-/m0/s1. The van der Waals surface area contributed by atoms with Crippen LogP contribution in [0.4, 0.5) is 11.4 Å². The van der Waals surface area contributed by atoms with Crippen molar-refractivity contribution in [3.8, 4) is 5.75 Å². The summed E-state index contributed by atoms with van der Waals surface area (Å²) in [7, 11) is 0. The van der Waals surface area contributed by atoms with Crippen molar-refractivity contribution in [2.75, 3.05) is 9.91 Å². The Morgan fingerprint density at radius 3 is 1.89 bits per heavy atom. The van der Waals surface area contributed by atoms with Gasteiger partial charge in [-0.15, -0.1) is 0 Å². The van der Waals surface area contributed by atoms with Crippen LogP contribution in [-0.4, -0.2) is 5.84 Å². The van der Waals surface area contributed by atoms with Crippen molar-refractivity contribution in [2.45, 2.75) is 12.8 Å². The van der Waals surface area contributed by atoms with E-state index in [4.69, 9.17) is 21.4 Å². The largest absolute Gasteiger partial charge is 0.488 e. The second-order valence-corrected chi connectivity index (χ2v) is 9.44. The number of rotatable bonds is 7. The number of nitrogens with zero attached hydrogens (tertiary/aromatic N) is 3. The molecule has 4 nitrogen and oxygen atoms in total. The third-order valence-corrected chi connectivity index (χ3v) is 6.75. The summed E-state index contributed by atoms with van der Waals surface area (Å²) >= 11 is 6.09. The van der Waals surface area contributed by atoms with Gasteiger partial charge in [0.2, 0.25) is 0 Å². The van der Waals surface area contributed by atoms with Crippen LogP contribution in [0.25, 0.3) is 0 Å². The van der Waals surface area contributed by atoms with Crippen LogP contribution in [0.15, 0.2) is 145 Å². The molecule has 5 aromatic rings. The lowest BCUT2D eigenvalue weighted by Crippen LogP contribution is -2.36. The fourth-order valence-electron chi connectivity index (χ4n) is 4.68. The number of hydrogen-bond acceptors (Lipinski definition) is 4. The lowest BCUT2D eigenvalue weighted by atomic mass is 10.1. The Bertz CT molecular complexity index is 1520. The molecule has 0 bridgehead atoms. The van der Waals surface area contributed by atoms with Crippen LogP contribution in [0.3, 0.4) is 0 Å². The van der Waals surface area contributed by atoms with E-state index in [0.29, 0.717) is 11.6 Å². The van der Waals surface area contributed by atoms with Crippen LogP contribution in [0, 0.1) is 0 Å². The van der Waals surface area contributed by atoms with Gasteiger partial charge in [-0.1, -0.05) is 109 Å². The van der Waals surface area contributed by atoms with Crippen LogP contribution in [0.5, 0.6) is 5.75 Å². The Morgan fingerprint density at radius 2 is 1.21 bits per heavy atom. The Balaban J connectivity index is 1.47. The average Bonchev–Trinajstić information content (AvgIpc) is 3.39. The summed E-state index contributed by atoms with van der Waals surface area (Å²) in [5, 5.41) is 8.01. The number of halogens is 1. The van der Waals surface area contributed by atoms with Crippen LogP contribution < -0.4 is 14.6 Å². The summed E-state index contributed by atoms with van der Waals surface area (Å²) < 4.78 is 6.44. The smallest absolute Gasteiger partial charge is 0.162 e. The second-order valence-electron chi connectivity index (χ2n) is 9.00. The molecule has 0 unspecified atom stereocenters. The molecule has 0 N–H and O–H groups in total. The zero-order valence-corrected chi connectivity index (χ0v) is 21.4. The van der Waals surface area contributed by atoms with Gasteiger partial charge in [-0.3, -0.25) is 4.90 Å². The highest BCUT2D eigenvalue weighted by molar-refractivity contribution is 6.30. The lowest BCUT2D eigenvalue weighted by molar-refractivity contribution is 0.301. The third-order valence-electron chi connectivity index (χ3n) is 6.50. The molecule has 0 radical (unpaired) electrons. The van der Waals surface area contributed by atoms with E-state index in [0.717, 1.165) is 39.7 Å². The summed E-state index contributed by atoms with van der Waals surface area (Å²) in [5.74, 6) is 1.68. The lowest BCUT2D eigenvalue weighted by Gasteiger charge is -2.33. The molecule has 0 saturated carbocycles. The van der Waals surface area contributed by atoms with Gasteiger partial charge in [-0.2, -0.15) is 5.10 Å². The molecular weight excluding hydrogens is 490 g/mol. The highest BCUT2D eigenvalue weighted by Crippen LogP contribution is 2.43. The normalized spacial score (nSPS) is 14.9. The summed E-state index contributed by atoms with van der Waals surface area (Å²) in [6.07, 6.45) is -0.267. The minimum atomic E-state index is -0.267. The van der Waals surface area contributed by atoms with Crippen molar-refractivity contribution < 1.29 is 4.74 Å². The van der Waals surface area contributed by atoms with Gasteiger partial charge in [0.1, 0.15) is 12.4 Å². The second kappa shape index (κ2) is 10.8. The van der Waals surface area contributed by atoms with Gasteiger partial charge in [0, 0.05) is 21.8 Å². The Kier molecular flexibility index (Phi) is 6.79. The third kappa shape index (κ3) is 4.86. The molecule has 0 saturated heterocycles. The summed E-state index contributed by atoms with van der Waals surface area (Å²) in [6.45, 7) is 0.434. The number of ether oxygens (including phenoxy) is 1. The van der Waals surface area contributed by atoms with Crippen LogP contribution >= 0.6 is 11.6 Å². The predicted molar refractivity (Wildman–Crippen MR) is 156 cm³/mol. The number of hydrogen-bond donors (Lipinski definition) is 0. The first-order chi connectivity index (χ1) is 18.8. The molecule has 0 amide bonds. The topological polar surface area (TPSA) is 28.1 Å². The molecule has 0 spiro atoms. The molecule has 1 heterocycles. The first kappa shape index (κ1) is 23.8. The van der Waals surface area contributed by atoms with Gasteiger partial charge in [-0.05, 0) is 48.0 Å². The Labute approximate surface area is 228 Å². The molecule has 1 aliphatic rings. The Morgan fingerprint density at radius 1 is 0.632 bits per heavy atom. The predicted octanol–water partition coefficient (Wildman–Crippen LogP) is 8.31. The summed E-state index contributed by atoms with van der Waals surface area (Å²) in [5.41, 5.74) is 5.16. The molecule has 38 heavy (non-hydrogen) atoms. The van der Waals surface area contributed by atoms with E-state index in [-0.39, 0.29) is 6.17 Å². The maximum atomic E-state index is 6.44.